The highest BCUT2D eigenvalue weighted by Crippen LogP contribution is 2.62. The minimum Gasteiger partial charge on any atom is -0.457 e. The molecule has 3 heteroatoms. The number of benzene rings is 8. The van der Waals surface area contributed by atoms with E-state index < -0.39 is 5.41 Å². The summed E-state index contributed by atoms with van der Waals surface area (Å²) in [6.45, 7) is 0. The van der Waals surface area contributed by atoms with Gasteiger partial charge < -0.3 is 14.1 Å². The normalized spacial score (nSPS) is 13.3. The molecule has 0 atom stereocenters. The quantitative estimate of drug-likeness (QED) is 0.187. The van der Waals surface area contributed by atoms with E-state index in [1.807, 2.05) is 12.1 Å². The van der Waals surface area contributed by atoms with Gasteiger partial charge >= 0.3 is 0 Å². The Hall–Kier alpha value is -6.84. The fourth-order valence-electron chi connectivity index (χ4n) is 8.77. The fourth-order valence-corrected chi connectivity index (χ4v) is 8.77. The third-order valence-electron chi connectivity index (χ3n) is 10.9. The predicted molar refractivity (Wildman–Crippen MR) is 211 cm³/mol. The van der Waals surface area contributed by atoms with Crippen molar-refractivity contribution >= 4 is 39.0 Å². The van der Waals surface area contributed by atoms with Crippen molar-refractivity contribution in [2.75, 3.05) is 4.90 Å². The summed E-state index contributed by atoms with van der Waals surface area (Å²) in [5.41, 5.74) is 14.2. The summed E-state index contributed by atoms with van der Waals surface area (Å²) in [4.78, 5) is 2.35. The Balaban J connectivity index is 1.08. The Kier molecular flexibility index (Phi) is 6.17. The van der Waals surface area contributed by atoms with Gasteiger partial charge in [0.2, 0.25) is 0 Å². The first-order valence-corrected chi connectivity index (χ1v) is 17.8. The number of para-hydroxylation sites is 5. The van der Waals surface area contributed by atoms with Gasteiger partial charge in [0.15, 0.2) is 0 Å². The summed E-state index contributed by atoms with van der Waals surface area (Å²) in [5, 5.41) is 2.27. The SMILES string of the molecule is c1ccc(N(c2ccc(-c3cccc4c3oc3ccccc34)cc2)c2ccc3c(c2)-c2ccccc2C32c3ccccc3Oc3ccccc32)cc1. The lowest BCUT2D eigenvalue weighted by Crippen LogP contribution is -2.32. The summed E-state index contributed by atoms with van der Waals surface area (Å²) in [6.07, 6.45) is 0. The Morgan fingerprint density at radius 2 is 0.962 bits per heavy atom. The molecule has 1 spiro atoms. The smallest absolute Gasteiger partial charge is 0.143 e. The molecule has 0 amide bonds. The topological polar surface area (TPSA) is 25.6 Å². The molecule has 11 rings (SSSR count). The third kappa shape index (κ3) is 4.02. The average molecular weight is 666 g/mol. The van der Waals surface area contributed by atoms with Gasteiger partial charge in [0, 0.05) is 44.5 Å². The lowest BCUT2D eigenvalue weighted by atomic mass is 9.66. The van der Waals surface area contributed by atoms with Crippen LogP contribution in [0.25, 0.3) is 44.2 Å². The van der Waals surface area contributed by atoms with Gasteiger partial charge in [0.05, 0.1) is 5.41 Å². The number of rotatable bonds is 4. The number of ether oxygens (including phenoxy) is 1. The molecule has 0 N–H and O–H groups in total. The van der Waals surface area contributed by atoms with E-state index in [0.29, 0.717) is 0 Å². The van der Waals surface area contributed by atoms with E-state index in [9.17, 15) is 0 Å². The van der Waals surface area contributed by atoms with Gasteiger partial charge in [-0.15, -0.1) is 0 Å². The molecule has 0 saturated carbocycles. The maximum absolute atomic E-state index is 6.54. The minimum absolute atomic E-state index is 0.493. The molecule has 0 fully saturated rings. The zero-order chi connectivity index (χ0) is 34.2. The predicted octanol–water partition coefficient (Wildman–Crippen LogP) is 13.2. The summed E-state index contributed by atoms with van der Waals surface area (Å²) in [7, 11) is 0. The van der Waals surface area contributed by atoms with Crippen LogP contribution in [0.2, 0.25) is 0 Å². The van der Waals surface area contributed by atoms with Crippen LogP contribution in [-0.4, -0.2) is 0 Å². The highest BCUT2D eigenvalue weighted by atomic mass is 16.5. The molecule has 1 aromatic heterocycles. The number of hydrogen-bond acceptors (Lipinski definition) is 3. The molecule has 3 nitrogen and oxygen atoms in total. The Bertz CT molecular complexity index is 2790. The van der Waals surface area contributed by atoms with Crippen molar-refractivity contribution in [1.29, 1.82) is 0 Å². The minimum atomic E-state index is -0.493. The molecular weight excluding hydrogens is 635 g/mol. The van der Waals surface area contributed by atoms with Crippen molar-refractivity contribution in [2.45, 2.75) is 5.41 Å². The summed E-state index contributed by atoms with van der Waals surface area (Å²) < 4.78 is 12.9. The zero-order valence-electron chi connectivity index (χ0n) is 28.2. The van der Waals surface area contributed by atoms with Gasteiger partial charge in [-0.1, -0.05) is 133 Å². The van der Waals surface area contributed by atoms with Crippen LogP contribution < -0.4 is 9.64 Å². The van der Waals surface area contributed by atoms with Gasteiger partial charge in [0.1, 0.15) is 22.7 Å². The number of fused-ring (bicyclic) bond motifs is 12. The first kappa shape index (κ1) is 28.9. The number of anilines is 3. The van der Waals surface area contributed by atoms with Crippen LogP contribution in [0.5, 0.6) is 11.5 Å². The molecule has 0 unspecified atom stereocenters. The highest BCUT2D eigenvalue weighted by molar-refractivity contribution is 6.09. The van der Waals surface area contributed by atoms with Gasteiger partial charge in [-0.3, -0.25) is 0 Å². The molecule has 0 radical (unpaired) electrons. The van der Waals surface area contributed by atoms with Gasteiger partial charge in [-0.2, -0.15) is 0 Å². The van der Waals surface area contributed by atoms with Crippen molar-refractivity contribution in [1.82, 2.24) is 0 Å². The number of furan rings is 1. The molecule has 244 valence electrons. The lowest BCUT2D eigenvalue weighted by molar-refractivity contribution is 0.436. The lowest BCUT2D eigenvalue weighted by Gasteiger charge is -2.39. The van der Waals surface area contributed by atoms with E-state index >= 15 is 0 Å². The van der Waals surface area contributed by atoms with Crippen LogP contribution in [0.4, 0.5) is 17.1 Å². The Labute approximate surface area is 301 Å². The molecule has 8 aromatic carbocycles. The van der Waals surface area contributed by atoms with Crippen LogP contribution in [-0.2, 0) is 5.41 Å². The van der Waals surface area contributed by atoms with E-state index in [-0.39, 0.29) is 0 Å². The standard InChI is InChI=1S/C49H31NO2/c1-2-13-33(14-3-1)50(34-27-25-32(26-28-34)36-17-12-18-39-38-16-5-9-22-45(38)52-48(36)39)35-29-30-42-40(31-35)37-15-4-6-19-41(37)49(42)43-20-7-10-23-46(43)51-47-24-11-8-21-44(47)49/h1-31H. The van der Waals surface area contributed by atoms with E-state index in [1.165, 1.54) is 33.4 Å². The largest absolute Gasteiger partial charge is 0.457 e. The second kappa shape index (κ2) is 11.1. The molecule has 9 aromatic rings. The van der Waals surface area contributed by atoms with E-state index in [1.54, 1.807) is 0 Å². The summed E-state index contributed by atoms with van der Waals surface area (Å²) >= 11 is 0. The molecule has 52 heavy (non-hydrogen) atoms. The van der Waals surface area contributed by atoms with Gasteiger partial charge in [0.25, 0.3) is 0 Å². The van der Waals surface area contributed by atoms with Crippen LogP contribution >= 0.6 is 0 Å². The molecule has 0 bridgehead atoms. The van der Waals surface area contributed by atoms with E-state index in [4.69, 9.17) is 9.15 Å². The second-order valence-corrected chi connectivity index (χ2v) is 13.6. The van der Waals surface area contributed by atoms with Crippen molar-refractivity contribution in [2.24, 2.45) is 0 Å². The second-order valence-electron chi connectivity index (χ2n) is 13.6. The van der Waals surface area contributed by atoms with Crippen molar-refractivity contribution in [3.63, 3.8) is 0 Å². The maximum Gasteiger partial charge on any atom is 0.143 e. The van der Waals surface area contributed by atoms with Crippen LogP contribution in [0, 0.1) is 0 Å². The van der Waals surface area contributed by atoms with E-state index in [2.05, 4.69) is 181 Å². The van der Waals surface area contributed by atoms with Crippen LogP contribution in [0.3, 0.4) is 0 Å². The summed E-state index contributed by atoms with van der Waals surface area (Å²) in [5.74, 6) is 1.80. The number of nitrogens with zero attached hydrogens (tertiary/aromatic N) is 1. The van der Waals surface area contributed by atoms with Crippen molar-refractivity contribution in [3.05, 3.63) is 210 Å². The third-order valence-corrected chi connectivity index (χ3v) is 10.9. The number of hydrogen-bond donors (Lipinski definition) is 0. The highest BCUT2D eigenvalue weighted by Gasteiger charge is 2.51. The monoisotopic (exact) mass is 665 g/mol. The van der Waals surface area contributed by atoms with Gasteiger partial charge in [-0.25, -0.2) is 0 Å². The molecule has 2 aliphatic rings. The van der Waals surface area contributed by atoms with Crippen LogP contribution in [0.15, 0.2) is 192 Å². The average Bonchev–Trinajstić information content (AvgIpc) is 3.73. The van der Waals surface area contributed by atoms with Gasteiger partial charge in [-0.05, 0) is 82.4 Å². The molecule has 1 aliphatic heterocycles. The fraction of sp³-hybridized carbons (Fsp3) is 0.0204. The van der Waals surface area contributed by atoms with Crippen molar-refractivity contribution < 1.29 is 9.15 Å². The van der Waals surface area contributed by atoms with E-state index in [0.717, 1.165) is 61.6 Å². The summed E-state index contributed by atoms with van der Waals surface area (Å²) in [6, 6.07) is 67.1. The molecule has 0 saturated heterocycles. The molecule has 1 aliphatic carbocycles. The van der Waals surface area contributed by atoms with Crippen molar-refractivity contribution in [3.8, 4) is 33.8 Å². The first-order chi connectivity index (χ1) is 25.8. The molecule has 2 heterocycles. The zero-order valence-corrected chi connectivity index (χ0v) is 28.2. The Morgan fingerprint density at radius 1 is 0.385 bits per heavy atom. The molecular formula is C49H31NO2. The first-order valence-electron chi connectivity index (χ1n) is 17.8. The van der Waals surface area contributed by atoms with Crippen LogP contribution in [0.1, 0.15) is 22.3 Å². The Morgan fingerprint density at radius 3 is 1.75 bits per heavy atom. The maximum atomic E-state index is 6.54.